The average Bonchev–Trinajstić information content (AvgIpc) is 2.60. The summed E-state index contributed by atoms with van der Waals surface area (Å²) in [6.45, 7) is 9.59. The maximum atomic E-state index is 6.26. The van der Waals surface area contributed by atoms with Crippen LogP contribution in [0.4, 0.5) is 0 Å². The van der Waals surface area contributed by atoms with Gasteiger partial charge >= 0.3 is 0 Å². The number of rotatable bonds is 1. The van der Waals surface area contributed by atoms with Crippen molar-refractivity contribution in [3.63, 3.8) is 0 Å². The van der Waals surface area contributed by atoms with Gasteiger partial charge in [-0.2, -0.15) is 0 Å². The first-order chi connectivity index (χ1) is 9.25. The number of hydrogen-bond donors (Lipinski definition) is 0. The van der Waals surface area contributed by atoms with E-state index in [2.05, 4.69) is 50.8 Å². The molecule has 0 fully saturated rings. The van der Waals surface area contributed by atoms with E-state index in [9.17, 15) is 0 Å². The average molecular weight is 321 g/mol. The second-order valence-electron chi connectivity index (χ2n) is 6.75. The third kappa shape index (κ3) is 1.80. The summed E-state index contributed by atoms with van der Waals surface area (Å²) in [5.74, 6) is 0. The van der Waals surface area contributed by atoms with Crippen molar-refractivity contribution >= 4 is 31.3 Å². The number of hydrogen-bond acceptors (Lipinski definition) is 0. The maximum absolute atomic E-state index is 6.26. The molecule has 0 saturated heterocycles. The van der Waals surface area contributed by atoms with Gasteiger partial charge in [-0.25, -0.2) is 0 Å². The zero-order valence-corrected chi connectivity index (χ0v) is 14.7. The molecule has 0 heterocycles. The molecule has 0 aromatic heterocycles. The van der Waals surface area contributed by atoms with Crippen LogP contribution in [-0.2, 0) is 5.04 Å². The molecule has 20 heavy (non-hydrogen) atoms. The molecule has 0 N–H and O–H groups in total. The summed E-state index contributed by atoms with van der Waals surface area (Å²) >= 11 is 12.5. The lowest BCUT2D eigenvalue weighted by Crippen LogP contribution is -2.46. The Labute approximate surface area is 131 Å². The van der Waals surface area contributed by atoms with E-state index in [4.69, 9.17) is 23.2 Å². The van der Waals surface area contributed by atoms with Crippen LogP contribution in [0.1, 0.15) is 18.1 Å². The fraction of sp³-hybridized carbons (Fsp3) is 0.294. The van der Waals surface area contributed by atoms with Gasteiger partial charge in [0.1, 0.15) is 0 Å². The van der Waals surface area contributed by atoms with Gasteiger partial charge in [0.2, 0.25) is 0 Å². The van der Waals surface area contributed by atoms with Gasteiger partial charge in [0.15, 0.2) is 0 Å². The van der Waals surface area contributed by atoms with E-state index in [1.165, 1.54) is 22.3 Å². The van der Waals surface area contributed by atoms with Crippen molar-refractivity contribution in [1.29, 1.82) is 0 Å². The lowest BCUT2D eigenvalue weighted by Gasteiger charge is -2.39. The predicted molar refractivity (Wildman–Crippen MR) is 91.7 cm³/mol. The van der Waals surface area contributed by atoms with Crippen molar-refractivity contribution in [2.45, 2.75) is 31.6 Å². The largest absolute Gasteiger partial charge is 0.0843 e. The van der Waals surface area contributed by atoms with E-state index in [1.54, 1.807) is 0 Å². The second kappa shape index (κ2) is 4.36. The number of benzene rings is 2. The first-order valence-electron chi connectivity index (χ1n) is 6.85. The number of fused-ring (bicyclic) bond motifs is 3. The summed E-state index contributed by atoms with van der Waals surface area (Å²) in [5, 5.41) is 1.67. The van der Waals surface area contributed by atoms with Crippen molar-refractivity contribution in [1.82, 2.24) is 0 Å². The Morgan fingerprint density at radius 2 is 1.20 bits per heavy atom. The van der Waals surface area contributed by atoms with Crippen molar-refractivity contribution < 1.29 is 0 Å². The second-order valence-corrected chi connectivity index (χ2v) is 13.1. The zero-order valence-electron chi connectivity index (χ0n) is 12.2. The molecule has 3 rings (SSSR count). The molecule has 0 nitrogen and oxygen atoms in total. The Hall–Kier alpha value is -0.763. The van der Waals surface area contributed by atoms with Crippen LogP contribution in [0.15, 0.2) is 36.4 Å². The minimum absolute atomic E-state index is 0.0491. The fourth-order valence-corrected chi connectivity index (χ4v) is 5.66. The number of halogens is 2. The van der Waals surface area contributed by atoms with Crippen LogP contribution in [0, 0.1) is 0 Å². The van der Waals surface area contributed by atoms with Crippen LogP contribution >= 0.6 is 23.2 Å². The minimum Gasteiger partial charge on any atom is -0.0843 e. The molecule has 0 atom stereocenters. The van der Waals surface area contributed by atoms with E-state index in [1.807, 2.05) is 12.1 Å². The minimum atomic E-state index is -1.51. The van der Waals surface area contributed by atoms with Gasteiger partial charge in [0.05, 0.1) is 8.07 Å². The molecule has 0 bridgehead atoms. The van der Waals surface area contributed by atoms with Crippen molar-refractivity contribution in [3.8, 4) is 11.1 Å². The van der Waals surface area contributed by atoms with Gasteiger partial charge in [-0.05, 0) is 46.5 Å². The van der Waals surface area contributed by atoms with Crippen molar-refractivity contribution in [2.75, 3.05) is 0 Å². The highest BCUT2D eigenvalue weighted by Crippen LogP contribution is 2.54. The molecule has 104 valence electrons. The van der Waals surface area contributed by atoms with Crippen LogP contribution in [0.5, 0.6) is 0 Å². The van der Waals surface area contributed by atoms with Crippen LogP contribution < -0.4 is 0 Å². The Morgan fingerprint density at radius 1 is 0.800 bits per heavy atom. The predicted octanol–water partition coefficient (Wildman–Crippen LogP) is 6.16. The zero-order chi connectivity index (χ0) is 14.7. The molecule has 0 unspecified atom stereocenters. The van der Waals surface area contributed by atoms with Gasteiger partial charge in [0, 0.05) is 15.1 Å². The molecule has 1 aliphatic carbocycles. The molecule has 3 heteroatoms. The smallest absolute Gasteiger partial charge is 0.0609 e. The SMILES string of the molecule is CC1([Si](C)(C)C)c2cc(Cl)ccc2-c2ccc(Cl)cc21. The highest BCUT2D eigenvalue weighted by atomic mass is 35.5. The first-order valence-corrected chi connectivity index (χ1v) is 11.1. The first kappa shape index (κ1) is 14.2. The van der Waals surface area contributed by atoms with E-state index in [0.717, 1.165) is 10.0 Å². The van der Waals surface area contributed by atoms with E-state index in [-0.39, 0.29) is 5.04 Å². The lowest BCUT2D eigenvalue weighted by atomic mass is 9.98. The van der Waals surface area contributed by atoms with Gasteiger partial charge < -0.3 is 0 Å². The lowest BCUT2D eigenvalue weighted by molar-refractivity contribution is 0.799. The van der Waals surface area contributed by atoms with Crippen LogP contribution in [0.3, 0.4) is 0 Å². The quantitative estimate of drug-likeness (QED) is 0.552. The van der Waals surface area contributed by atoms with Crippen molar-refractivity contribution in [3.05, 3.63) is 57.6 Å². The Morgan fingerprint density at radius 3 is 1.55 bits per heavy atom. The topological polar surface area (TPSA) is 0 Å². The van der Waals surface area contributed by atoms with Gasteiger partial charge in [-0.1, -0.05) is 61.9 Å². The maximum Gasteiger partial charge on any atom is 0.0609 e. The molecule has 0 spiro atoms. The molecular formula is C17H18Cl2Si. The normalized spacial score (nSPS) is 15.9. The highest BCUT2D eigenvalue weighted by molar-refractivity contribution is 6.80. The standard InChI is InChI=1S/C17H18Cl2Si/c1-17(20(2,3)4)15-9-11(18)5-7-13(15)14-8-6-12(19)10-16(14)17/h5-10H,1-4H3. The summed E-state index contributed by atoms with van der Waals surface area (Å²) in [6.07, 6.45) is 0. The van der Waals surface area contributed by atoms with Crippen molar-refractivity contribution in [2.24, 2.45) is 0 Å². The summed E-state index contributed by atoms with van der Waals surface area (Å²) in [7, 11) is -1.51. The van der Waals surface area contributed by atoms with Gasteiger partial charge in [-0.15, -0.1) is 0 Å². The van der Waals surface area contributed by atoms with Crippen LogP contribution in [0.2, 0.25) is 29.7 Å². The molecular weight excluding hydrogens is 303 g/mol. The Balaban J connectivity index is 2.42. The third-order valence-corrected chi connectivity index (χ3v) is 8.84. The summed E-state index contributed by atoms with van der Waals surface area (Å²) in [5.41, 5.74) is 5.35. The fourth-order valence-electron chi connectivity index (χ4n) is 3.28. The summed E-state index contributed by atoms with van der Waals surface area (Å²) < 4.78 is 0. The van der Waals surface area contributed by atoms with E-state index < -0.39 is 8.07 Å². The molecule has 2 aromatic carbocycles. The Bertz CT molecular complexity index is 647. The Kier molecular flexibility index (Phi) is 3.10. The van der Waals surface area contributed by atoms with Gasteiger partial charge in [-0.3, -0.25) is 0 Å². The monoisotopic (exact) mass is 320 g/mol. The highest BCUT2D eigenvalue weighted by Gasteiger charge is 2.48. The molecule has 0 saturated carbocycles. The van der Waals surface area contributed by atoms with Crippen LogP contribution in [-0.4, -0.2) is 8.07 Å². The molecule has 0 radical (unpaired) electrons. The summed E-state index contributed by atoms with van der Waals surface area (Å²) in [6, 6.07) is 12.5. The van der Waals surface area contributed by atoms with E-state index in [0.29, 0.717) is 0 Å². The third-order valence-electron chi connectivity index (χ3n) is 4.83. The van der Waals surface area contributed by atoms with Crippen LogP contribution in [0.25, 0.3) is 11.1 Å². The van der Waals surface area contributed by atoms with Gasteiger partial charge in [0.25, 0.3) is 0 Å². The molecule has 1 aliphatic rings. The summed E-state index contributed by atoms with van der Waals surface area (Å²) in [4.78, 5) is 0. The molecule has 0 aliphatic heterocycles. The van der Waals surface area contributed by atoms with E-state index >= 15 is 0 Å². The molecule has 0 amide bonds. The molecule has 2 aromatic rings.